The Morgan fingerprint density at radius 2 is 2.00 bits per heavy atom. The lowest BCUT2D eigenvalue weighted by Gasteiger charge is -2.35. The molecular formula is C14H31N3O2S. The summed E-state index contributed by atoms with van der Waals surface area (Å²) < 4.78 is 29.2. The van der Waals surface area contributed by atoms with Crippen molar-refractivity contribution in [2.45, 2.75) is 71.4 Å². The maximum absolute atomic E-state index is 12.4. The molecule has 1 aliphatic rings. The van der Waals surface area contributed by atoms with Crippen molar-refractivity contribution < 1.29 is 8.42 Å². The van der Waals surface area contributed by atoms with Gasteiger partial charge in [-0.05, 0) is 19.3 Å². The highest BCUT2D eigenvalue weighted by Gasteiger charge is 2.31. The molecule has 0 aromatic rings. The van der Waals surface area contributed by atoms with Crippen molar-refractivity contribution in [1.29, 1.82) is 0 Å². The fourth-order valence-electron chi connectivity index (χ4n) is 2.53. The first-order valence-corrected chi connectivity index (χ1v) is 9.41. The lowest BCUT2D eigenvalue weighted by atomic mass is 10.0. The van der Waals surface area contributed by atoms with E-state index in [1.54, 1.807) is 4.31 Å². The molecule has 0 amide bonds. The molecule has 5 nitrogen and oxygen atoms in total. The summed E-state index contributed by atoms with van der Waals surface area (Å²) in [5.74, 6) is 0. The first-order chi connectivity index (χ1) is 9.47. The summed E-state index contributed by atoms with van der Waals surface area (Å²) in [6, 6.07) is 0.480. The van der Waals surface area contributed by atoms with E-state index in [4.69, 9.17) is 0 Å². The molecule has 1 atom stereocenters. The quantitative estimate of drug-likeness (QED) is 0.639. The van der Waals surface area contributed by atoms with E-state index in [1.165, 1.54) is 0 Å². The van der Waals surface area contributed by atoms with Gasteiger partial charge in [0.1, 0.15) is 0 Å². The molecule has 0 aromatic heterocycles. The molecule has 1 heterocycles. The highest BCUT2D eigenvalue weighted by atomic mass is 32.2. The summed E-state index contributed by atoms with van der Waals surface area (Å²) in [6.07, 6.45) is 6.13. The maximum atomic E-state index is 12.4. The van der Waals surface area contributed by atoms with Gasteiger partial charge < -0.3 is 5.32 Å². The molecule has 1 fully saturated rings. The first-order valence-electron chi connectivity index (χ1n) is 7.97. The van der Waals surface area contributed by atoms with Crippen LogP contribution < -0.4 is 10.0 Å². The second-order valence-electron chi connectivity index (χ2n) is 5.93. The molecule has 0 saturated carbocycles. The number of rotatable bonds is 9. The van der Waals surface area contributed by atoms with E-state index in [-0.39, 0.29) is 6.04 Å². The second-order valence-corrected chi connectivity index (χ2v) is 7.64. The average molecular weight is 305 g/mol. The Morgan fingerprint density at radius 1 is 1.25 bits per heavy atom. The van der Waals surface area contributed by atoms with Crippen molar-refractivity contribution >= 4 is 10.2 Å². The van der Waals surface area contributed by atoms with Crippen LogP contribution in [0, 0.1) is 0 Å². The predicted molar refractivity (Wildman–Crippen MR) is 83.9 cm³/mol. The van der Waals surface area contributed by atoms with Gasteiger partial charge in [-0.1, -0.05) is 40.0 Å². The van der Waals surface area contributed by atoms with Crippen LogP contribution in [0.15, 0.2) is 0 Å². The second kappa shape index (κ2) is 8.97. The van der Waals surface area contributed by atoms with E-state index in [0.717, 1.165) is 45.1 Å². The normalized spacial score (nSPS) is 21.5. The van der Waals surface area contributed by atoms with Crippen LogP contribution >= 0.6 is 0 Å². The van der Waals surface area contributed by atoms with Crippen LogP contribution in [0.1, 0.15) is 59.3 Å². The van der Waals surface area contributed by atoms with E-state index in [1.807, 2.05) is 0 Å². The summed E-state index contributed by atoms with van der Waals surface area (Å²) in [5.41, 5.74) is 0. The first kappa shape index (κ1) is 17.9. The molecule has 1 unspecified atom stereocenters. The van der Waals surface area contributed by atoms with Gasteiger partial charge in [-0.2, -0.15) is 12.7 Å². The van der Waals surface area contributed by atoms with Gasteiger partial charge in [0.15, 0.2) is 0 Å². The third kappa shape index (κ3) is 6.08. The van der Waals surface area contributed by atoms with E-state index in [2.05, 4.69) is 30.8 Å². The highest BCUT2D eigenvalue weighted by Crippen LogP contribution is 2.19. The van der Waals surface area contributed by atoms with Gasteiger partial charge in [0.05, 0.1) is 0 Å². The van der Waals surface area contributed by atoms with Crippen LogP contribution in [0.2, 0.25) is 0 Å². The van der Waals surface area contributed by atoms with Crippen LogP contribution in [0.25, 0.3) is 0 Å². The SMILES string of the molecule is CCCCCNS(=O)(=O)N1CCCCC1CNC(C)C. The third-order valence-electron chi connectivity index (χ3n) is 3.71. The van der Waals surface area contributed by atoms with Crippen molar-refractivity contribution in [2.24, 2.45) is 0 Å². The number of nitrogens with one attached hydrogen (secondary N) is 2. The van der Waals surface area contributed by atoms with Gasteiger partial charge in [-0.25, -0.2) is 4.72 Å². The Labute approximate surface area is 124 Å². The minimum atomic E-state index is -3.32. The van der Waals surface area contributed by atoms with Crippen molar-refractivity contribution in [2.75, 3.05) is 19.6 Å². The molecule has 1 saturated heterocycles. The molecule has 1 rings (SSSR count). The van der Waals surface area contributed by atoms with Crippen LogP contribution in [-0.2, 0) is 10.2 Å². The molecule has 2 N–H and O–H groups in total. The van der Waals surface area contributed by atoms with Crippen LogP contribution in [0.3, 0.4) is 0 Å². The Kier molecular flexibility index (Phi) is 8.02. The minimum Gasteiger partial charge on any atom is -0.313 e. The lowest BCUT2D eigenvalue weighted by Crippen LogP contribution is -2.53. The average Bonchev–Trinajstić information content (AvgIpc) is 2.41. The number of hydrogen-bond donors (Lipinski definition) is 2. The largest absolute Gasteiger partial charge is 0.313 e. The topological polar surface area (TPSA) is 61.4 Å². The lowest BCUT2D eigenvalue weighted by molar-refractivity contribution is 0.239. The van der Waals surface area contributed by atoms with E-state index in [9.17, 15) is 8.42 Å². The maximum Gasteiger partial charge on any atom is 0.279 e. The van der Waals surface area contributed by atoms with Gasteiger partial charge in [0, 0.05) is 31.7 Å². The fourth-order valence-corrected chi connectivity index (χ4v) is 4.04. The zero-order valence-electron chi connectivity index (χ0n) is 13.2. The Balaban J connectivity index is 2.53. The Morgan fingerprint density at radius 3 is 2.65 bits per heavy atom. The molecule has 0 aromatic carbocycles. The number of piperidine rings is 1. The van der Waals surface area contributed by atoms with Gasteiger partial charge in [-0.3, -0.25) is 0 Å². The van der Waals surface area contributed by atoms with Gasteiger partial charge in [0.25, 0.3) is 10.2 Å². The van der Waals surface area contributed by atoms with Crippen molar-refractivity contribution in [3.05, 3.63) is 0 Å². The van der Waals surface area contributed by atoms with Crippen LogP contribution in [-0.4, -0.2) is 44.4 Å². The Hall–Kier alpha value is -0.170. The van der Waals surface area contributed by atoms with Crippen molar-refractivity contribution in [3.8, 4) is 0 Å². The van der Waals surface area contributed by atoms with Crippen molar-refractivity contribution in [3.63, 3.8) is 0 Å². The zero-order valence-corrected chi connectivity index (χ0v) is 14.0. The standard InChI is InChI=1S/C14H31N3O2S/c1-4-5-7-10-16-20(18,19)17-11-8-6-9-14(17)12-15-13(2)3/h13-16H,4-12H2,1-3H3. The third-order valence-corrected chi connectivity index (χ3v) is 5.38. The molecule has 0 spiro atoms. The fraction of sp³-hybridized carbons (Fsp3) is 1.00. The van der Waals surface area contributed by atoms with E-state index >= 15 is 0 Å². The summed E-state index contributed by atoms with van der Waals surface area (Å²) in [6.45, 7) is 8.24. The van der Waals surface area contributed by atoms with Gasteiger partial charge in [0.2, 0.25) is 0 Å². The molecule has 20 heavy (non-hydrogen) atoms. The molecule has 0 bridgehead atoms. The molecule has 0 radical (unpaired) electrons. The summed E-state index contributed by atoms with van der Waals surface area (Å²) in [5, 5.41) is 3.36. The number of nitrogens with zero attached hydrogens (tertiary/aromatic N) is 1. The zero-order chi connectivity index (χ0) is 15.0. The summed E-state index contributed by atoms with van der Waals surface area (Å²) in [4.78, 5) is 0. The summed E-state index contributed by atoms with van der Waals surface area (Å²) >= 11 is 0. The molecule has 1 aliphatic heterocycles. The molecule has 6 heteroatoms. The van der Waals surface area contributed by atoms with Gasteiger partial charge in [-0.15, -0.1) is 0 Å². The number of unbranched alkanes of at least 4 members (excludes halogenated alkanes) is 2. The summed E-state index contributed by atoms with van der Waals surface area (Å²) in [7, 11) is -3.32. The van der Waals surface area contributed by atoms with Crippen LogP contribution in [0.5, 0.6) is 0 Å². The van der Waals surface area contributed by atoms with Crippen molar-refractivity contribution in [1.82, 2.24) is 14.3 Å². The smallest absolute Gasteiger partial charge is 0.279 e. The number of hydrogen-bond acceptors (Lipinski definition) is 3. The molecule has 120 valence electrons. The van der Waals surface area contributed by atoms with E-state index < -0.39 is 10.2 Å². The minimum absolute atomic E-state index is 0.0924. The van der Waals surface area contributed by atoms with Crippen LogP contribution in [0.4, 0.5) is 0 Å². The Bertz CT molecular complexity index is 357. The monoisotopic (exact) mass is 305 g/mol. The highest BCUT2D eigenvalue weighted by molar-refractivity contribution is 7.87. The predicted octanol–water partition coefficient (Wildman–Crippen LogP) is 1.86. The molecule has 0 aliphatic carbocycles. The van der Waals surface area contributed by atoms with Gasteiger partial charge >= 0.3 is 0 Å². The van der Waals surface area contributed by atoms with E-state index in [0.29, 0.717) is 19.1 Å². The molecular weight excluding hydrogens is 274 g/mol.